The van der Waals surface area contributed by atoms with Crippen LogP contribution in [0.4, 0.5) is 0 Å². The van der Waals surface area contributed by atoms with Crippen LogP contribution < -0.4 is 5.32 Å². The van der Waals surface area contributed by atoms with E-state index in [2.05, 4.69) is 25.1 Å². The third-order valence-electron chi connectivity index (χ3n) is 2.60. The van der Waals surface area contributed by atoms with Crippen LogP contribution in [0.5, 0.6) is 0 Å². The SMILES string of the molecule is C#CCC(=O)NC1CCC(C)(C)C1. The van der Waals surface area contributed by atoms with Gasteiger partial charge in [-0.25, -0.2) is 0 Å². The molecule has 13 heavy (non-hydrogen) atoms. The lowest BCUT2D eigenvalue weighted by atomic mass is 9.92. The monoisotopic (exact) mass is 179 g/mol. The fraction of sp³-hybridized carbons (Fsp3) is 0.727. The van der Waals surface area contributed by atoms with E-state index in [9.17, 15) is 4.79 Å². The van der Waals surface area contributed by atoms with Crippen LogP contribution in [0.1, 0.15) is 39.5 Å². The molecule has 2 heteroatoms. The van der Waals surface area contributed by atoms with E-state index in [0.717, 1.165) is 12.8 Å². The summed E-state index contributed by atoms with van der Waals surface area (Å²) in [6.07, 6.45) is 8.60. The highest BCUT2D eigenvalue weighted by Crippen LogP contribution is 2.36. The Balaban J connectivity index is 2.33. The lowest BCUT2D eigenvalue weighted by Gasteiger charge is -2.17. The van der Waals surface area contributed by atoms with Crippen LogP contribution in [0.15, 0.2) is 0 Å². The van der Waals surface area contributed by atoms with Crippen molar-refractivity contribution in [2.75, 3.05) is 0 Å². The molecular weight excluding hydrogens is 162 g/mol. The maximum atomic E-state index is 11.2. The zero-order valence-electron chi connectivity index (χ0n) is 8.39. The average Bonchev–Trinajstić information content (AvgIpc) is 2.30. The molecule has 1 aliphatic rings. The van der Waals surface area contributed by atoms with Gasteiger partial charge >= 0.3 is 0 Å². The van der Waals surface area contributed by atoms with E-state index in [1.807, 2.05) is 0 Å². The molecule has 72 valence electrons. The minimum atomic E-state index is -0.00907. The van der Waals surface area contributed by atoms with Crippen molar-refractivity contribution in [2.24, 2.45) is 5.41 Å². The molecule has 0 aromatic rings. The Kier molecular flexibility index (Phi) is 2.98. The number of hydrogen-bond donors (Lipinski definition) is 1. The van der Waals surface area contributed by atoms with Gasteiger partial charge in [0, 0.05) is 6.04 Å². The second-order valence-corrected chi connectivity index (χ2v) is 4.55. The minimum absolute atomic E-state index is 0.00907. The average molecular weight is 179 g/mol. The lowest BCUT2D eigenvalue weighted by molar-refractivity contribution is -0.120. The molecule has 1 rings (SSSR count). The third-order valence-corrected chi connectivity index (χ3v) is 2.60. The Labute approximate surface area is 80.1 Å². The highest BCUT2D eigenvalue weighted by atomic mass is 16.1. The van der Waals surface area contributed by atoms with Crippen molar-refractivity contribution in [3.8, 4) is 12.3 Å². The van der Waals surface area contributed by atoms with Crippen LogP contribution >= 0.6 is 0 Å². The Morgan fingerprint density at radius 1 is 1.69 bits per heavy atom. The Morgan fingerprint density at radius 2 is 2.38 bits per heavy atom. The fourth-order valence-electron chi connectivity index (χ4n) is 1.93. The molecule has 0 radical (unpaired) electrons. The highest BCUT2D eigenvalue weighted by molar-refractivity contribution is 5.78. The zero-order chi connectivity index (χ0) is 9.90. The van der Waals surface area contributed by atoms with Crippen LogP contribution in [0, 0.1) is 17.8 Å². The number of nitrogens with one attached hydrogen (secondary N) is 1. The molecule has 0 aliphatic heterocycles. The van der Waals surface area contributed by atoms with Crippen molar-refractivity contribution in [1.29, 1.82) is 0 Å². The number of hydrogen-bond acceptors (Lipinski definition) is 1. The largest absolute Gasteiger partial charge is 0.353 e. The topological polar surface area (TPSA) is 29.1 Å². The van der Waals surface area contributed by atoms with E-state index >= 15 is 0 Å². The zero-order valence-corrected chi connectivity index (χ0v) is 8.39. The van der Waals surface area contributed by atoms with Gasteiger partial charge in [-0.15, -0.1) is 6.42 Å². The normalized spacial score (nSPS) is 25.2. The van der Waals surface area contributed by atoms with Gasteiger partial charge in [-0.3, -0.25) is 4.79 Å². The van der Waals surface area contributed by atoms with Crippen LogP contribution in [-0.2, 0) is 4.79 Å². The van der Waals surface area contributed by atoms with Crippen molar-refractivity contribution in [3.63, 3.8) is 0 Å². The van der Waals surface area contributed by atoms with Gasteiger partial charge in [0.25, 0.3) is 0 Å². The summed E-state index contributed by atoms with van der Waals surface area (Å²) in [4.78, 5) is 11.2. The lowest BCUT2D eigenvalue weighted by Crippen LogP contribution is -2.33. The fourth-order valence-corrected chi connectivity index (χ4v) is 1.93. The van der Waals surface area contributed by atoms with E-state index in [1.54, 1.807) is 0 Å². The summed E-state index contributed by atoms with van der Waals surface area (Å²) in [6.45, 7) is 4.47. The predicted octanol–water partition coefficient (Wildman–Crippen LogP) is 1.70. The molecule has 0 aromatic carbocycles. The molecule has 1 saturated carbocycles. The van der Waals surface area contributed by atoms with Crippen LogP contribution in [0.2, 0.25) is 0 Å². The van der Waals surface area contributed by atoms with E-state index in [4.69, 9.17) is 6.42 Å². The number of carbonyl (C=O) groups is 1. The number of amides is 1. The summed E-state index contributed by atoms with van der Waals surface area (Å²) in [5.74, 6) is 2.34. The molecule has 0 bridgehead atoms. The smallest absolute Gasteiger partial charge is 0.232 e. The van der Waals surface area contributed by atoms with E-state index in [1.165, 1.54) is 6.42 Å². The van der Waals surface area contributed by atoms with Gasteiger partial charge in [0.05, 0.1) is 6.42 Å². The van der Waals surface area contributed by atoms with Gasteiger partial charge in [-0.05, 0) is 24.7 Å². The molecule has 0 heterocycles. The van der Waals surface area contributed by atoms with Crippen LogP contribution in [0.3, 0.4) is 0 Å². The first kappa shape index (κ1) is 10.1. The van der Waals surface area contributed by atoms with Gasteiger partial charge in [-0.1, -0.05) is 19.8 Å². The Bertz CT molecular complexity index is 237. The molecule has 1 aliphatic carbocycles. The standard InChI is InChI=1S/C11H17NO/c1-4-5-10(13)12-9-6-7-11(2,3)8-9/h1,9H,5-8H2,2-3H3,(H,12,13). The van der Waals surface area contributed by atoms with Gasteiger partial charge in [-0.2, -0.15) is 0 Å². The molecule has 2 nitrogen and oxygen atoms in total. The molecule has 0 saturated heterocycles. The van der Waals surface area contributed by atoms with Crippen LogP contribution in [-0.4, -0.2) is 11.9 Å². The number of terminal acetylenes is 1. The molecule has 1 N–H and O–H groups in total. The molecule has 1 unspecified atom stereocenters. The minimum Gasteiger partial charge on any atom is -0.353 e. The molecule has 1 fully saturated rings. The van der Waals surface area contributed by atoms with E-state index < -0.39 is 0 Å². The molecule has 1 atom stereocenters. The maximum absolute atomic E-state index is 11.2. The Hall–Kier alpha value is -0.970. The van der Waals surface area contributed by atoms with Gasteiger partial charge < -0.3 is 5.32 Å². The third kappa shape index (κ3) is 3.10. The maximum Gasteiger partial charge on any atom is 0.232 e. The first-order chi connectivity index (χ1) is 6.03. The second kappa shape index (κ2) is 3.83. The van der Waals surface area contributed by atoms with Gasteiger partial charge in [0.1, 0.15) is 0 Å². The summed E-state index contributed by atoms with van der Waals surface area (Å²) in [5.41, 5.74) is 0.383. The summed E-state index contributed by atoms with van der Waals surface area (Å²) in [5, 5.41) is 2.95. The van der Waals surface area contributed by atoms with Crippen molar-refractivity contribution in [1.82, 2.24) is 5.32 Å². The summed E-state index contributed by atoms with van der Waals surface area (Å²) >= 11 is 0. The van der Waals surface area contributed by atoms with Crippen molar-refractivity contribution < 1.29 is 4.79 Å². The summed E-state index contributed by atoms with van der Waals surface area (Å²) < 4.78 is 0. The quantitative estimate of drug-likeness (QED) is 0.642. The van der Waals surface area contributed by atoms with Crippen molar-refractivity contribution in [2.45, 2.75) is 45.6 Å². The first-order valence-corrected chi connectivity index (χ1v) is 4.76. The Morgan fingerprint density at radius 3 is 2.85 bits per heavy atom. The van der Waals surface area contributed by atoms with Gasteiger partial charge in [0.15, 0.2) is 0 Å². The second-order valence-electron chi connectivity index (χ2n) is 4.55. The first-order valence-electron chi connectivity index (χ1n) is 4.76. The van der Waals surface area contributed by atoms with Crippen molar-refractivity contribution >= 4 is 5.91 Å². The van der Waals surface area contributed by atoms with Crippen LogP contribution in [0.25, 0.3) is 0 Å². The molecular formula is C11H17NO. The van der Waals surface area contributed by atoms with E-state index in [-0.39, 0.29) is 12.3 Å². The predicted molar refractivity (Wildman–Crippen MR) is 53.0 cm³/mol. The molecule has 1 amide bonds. The summed E-state index contributed by atoms with van der Waals surface area (Å²) in [6, 6.07) is 0.343. The van der Waals surface area contributed by atoms with E-state index in [0.29, 0.717) is 11.5 Å². The summed E-state index contributed by atoms with van der Waals surface area (Å²) in [7, 11) is 0. The van der Waals surface area contributed by atoms with Crippen molar-refractivity contribution in [3.05, 3.63) is 0 Å². The molecule has 0 aromatic heterocycles. The number of carbonyl (C=O) groups excluding carboxylic acids is 1. The molecule has 0 spiro atoms. The highest BCUT2D eigenvalue weighted by Gasteiger charge is 2.31. The van der Waals surface area contributed by atoms with Gasteiger partial charge in [0.2, 0.25) is 5.91 Å². The number of rotatable bonds is 2.